The first-order valence-corrected chi connectivity index (χ1v) is 3.13. The Bertz CT molecular complexity index is 195. The number of hydrogen-bond acceptors (Lipinski definition) is 4. The van der Waals surface area contributed by atoms with Gasteiger partial charge < -0.3 is 5.43 Å². The number of rotatable bonds is 1. The normalized spacial score (nSPS) is 21.7. The zero-order chi connectivity index (χ0) is 7.56. The molecule has 1 heterocycles. The summed E-state index contributed by atoms with van der Waals surface area (Å²) in [6.45, 7) is 4.41. The molecule has 0 aliphatic carbocycles. The van der Waals surface area contributed by atoms with E-state index in [1.807, 2.05) is 6.92 Å². The zero-order valence-electron chi connectivity index (χ0n) is 6.10. The van der Waals surface area contributed by atoms with Crippen LogP contribution in [0, 0.1) is 0 Å². The predicted octanol–water partition coefficient (Wildman–Crippen LogP) is 0.218. The Morgan fingerprint density at radius 1 is 1.80 bits per heavy atom. The van der Waals surface area contributed by atoms with E-state index in [0.29, 0.717) is 6.54 Å². The van der Waals surface area contributed by atoms with Gasteiger partial charge in [-0.15, -0.1) is 0 Å². The minimum Gasteiger partial charge on any atom is -0.305 e. The van der Waals surface area contributed by atoms with Gasteiger partial charge in [0.05, 0.1) is 12.3 Å². The maximum absolute atomic E-state index is 8.52. The number of hydrazone groups is 1. The Morgan fingerprint density at radius 3 is 2.90 bits per heavy atom. The molecule has 1 aliphatic heterocycles. The molecule has 4 nitrogen and oxygen atoms in total. The minimum absolute atomic E-state index is 0.700. The third-order valence-corrected chi connectivity index (χ3v) is 1.56. The van der Waals surface area contributed by atoms with Gasteiger partial charge in [-0.2, -0.15) is 5.10 Å². The van der Waals surface area contributed by atoms with Gasteiger partial charge in [-0.1, -0.05) is 0 Å². The lowest BCUT2D eigenvalue weighted by atomic mass is 10.1. The van der Waals surface area contributed by atoms with Gasteiger partial charge in [-0.25, -0.2) is 0 Å². The maximum atomic E-state index is 8.52. The standard InChI is InChI=1S/C6H11N3O/c1-4-6(3-7-8-4)5(2)9-10/h7,9-10H,3H2,1-2H3. The molecule has 4 heteroatoms. The van der Waals surface area contributed by atoms with Crippen molar-refractivity contribution in [2.45, 2.75) is 13.8 Å². The molecule has 1 rings (SSSR count). The van der Waals surface area contributed by atoms with E-state index >= 15 is 0 Å². The summed E-state index contributed by atoms with van der Waals surface area (Å²) in [5.41, 5.74) is 7.63. The number of hydrogen-bond donors (Lipinski definition) is 3. The van der Waals surface area contributed by atoms with Gasteiger partial charge in [-0.05, 0) is 13.8 Å². The van der Waals surface area contributed by atoms with Crippen molar-refractivity contribution >= 4 is 5.71 Å². The highest BCUT2D eigenvalue weighted by Crippen LogP contribution is 2.06. The fourth-order valence-electron chi connectivity index (χ4n) is 0.904. The highest BCUT2D eigenvalue weighted by atomic mass is 16.5. The lowest BCUT2D eigenvalue weighted by Crippen LogP contribution is -2.12. The summed E-state index contributed by atoms with van der Waals surface area (Å²) in [6.07, 6.45) is 0. The van der Waals surface area contributed by atoms with E-state index in [9.17, 15) is 0 Å². The van der Waals surface area contributed by atoms with E-state index in [2.05, 4.69) is 16.0 Å². The number of nitrogens with zero attached hydrogens (tertiary/aromatic N) is 1. The molecule has 0 aromatic heterocycles. The summed E-state index contributed by atoms with van der Waals surface area (Å²) in [5.74, 6) is 0. The summed E-state index contributed by atoms with van der Waals surface area (Å²) in [4.78, 5) is 0. The van der Waals surface area contributed by atoms with Crippen LogP contribution in [0.2, 0.25) is 0 Å². The Morgan fingerprint density at radius 2 is 2.50 bits per heavy atom. The molecule has 1 aliphatic rings. The molecule has 0 aromatic carbocycles. The average molecular weight is 141 g/mol. The molecule has 56 valence electrons. The Hall–Kier alpha value is -1.03. The summed E-state index contributed by atoms with van der Waals surface area (Å²) < 4.78 is 0. The van der Waals surface area contributed by atoms with Crippen molar-refractivity contribution in [3.63, 3.8) is 0 Å². The third kappa shape index (κ3) is 1.11. The zero-order valence-corrected chi connectivity index (χ0v) is 6.10. The van der Waals surface area contributed by atoms with Crippen molar-refractivity contribution in [1.29, 1.82) is 0 Å². The SMILES string of the molecule is CC1=NNCC1=C(C)NO. The number of hydroxylamine groups is 1. The van der Waals surface area contributed by atoms with Gasteiger partial charge in [0.2, 0.25) is 0 Å². The predicted molar refractivity (Wildman–Crippen MR) is 38.7 cm³/mol. The van der Waals surface area contributed by atoms with E-state index in [0.717, 1.165) is 17.0 Å². The summed E-state index contributed by atoms with van der Waals surface area (Å²) in [6, 6.07) is 0. The molecule has 0 atom stereocenters. The van der Waals surface area contributed by atoms with Crippen molar-refractivity contribution in [2.75, 3.05) is 6.54 Å². The fourth-order valence-corrected chi connectivity index (χ4v) is 0.904. The van der Waals surface area contributed by atoms with Crippen molar-refractivity contribution < 1.29 is 5.21 Å². The topological polar surface area (TPSA) is 56.7 Å². The van der Waals surface area contributed by atoms with Gasteiger partial charge in [0.25, 0.3) is 0 Å². The fraction of sp³-hybridized carbons (Fsp3) is 0.500. The van der Waals surface area contributed by atoms with E-state index in [4.69, 9.17) is 5.21 Å². The third-order valence-electron chi connectivity index (χ3n) is 1.56. The van der Waals surface area contributed by atoms with Gasteiger partial charge in [0.1, 0.15) is 0 Å². The quantitative estimate of drug-likeness (QED) is 0.458. The van der Waals surface area contributed by atoms with E-state index in [-0.39, 0.29) is 0 Å². The van der Waals surface area contributed by atoms with Crippen molar-refractivity contribution in [1.82, 2.24) is 10.9 Å². The molecule has 0 saturated carbocycles. The first-order chi connectivity index (χ1) is 4.75. The summed E-state index contributed by atoms with van der Waals surface area (Å²) in [7, 11) is 0. The Labute approximate surface area is 59.6 Å². The second-order valence-electron chi connectivity index (χ2n) is 2.25. The van der Waals surface area contributed by atoms with Crippen LogP contribution in [0.25, 0.3) is 0 Å². The summed E-state index contributed by atoms with van der Waals surface area (Å²) in [5, 5.41) is 12.5. The highest BCUT2D eigenvalue weighted by Gasteiger charge is 2.10. The maximum Gasteiger partial charge on any atom is 0.0640 e. The number of allylic oxidation sites excluding steroid dienone is 1. The molecular formula is C6H11N3O. The van der Waals surface area contributed by atoms with E-state index in [1.165, 1.54) is 0 Å². The van der Waals surface area contributed by atoms with Gasteiger partial charge in [-0.3, -0.25) is 10.7 Å². The van der Waals surface area contributed by atoms with Crippen molar-refractivity contribution in [3.8, 4) is 0 Å². The molecule has 0 unspecified atom stereocenters. The molecule has 0 amide bonds. The van der Waals surface area contributed by atoms with E-state index < -0.39 is 0 Å². The minimum atomic E-state index is 0.700. The molecule has 0 spiro atoms. The molecule has 0 bridgehead atoms. The van der Waals surface area contributed by atoms with Crippen LogP contribution in [-0.2, 0) is 0 Å². The lowest BCUT2D eigenvalue weighted by Gasteiger charge is -2.01. The van der Waals surface area contributed by atoms with Crippen LogP contribution in [-0.4, -0.2) is 17.5 Å². The van der Waals surface area contributed by atoms with Crippen LogP contribution >= 0.6 is 0 Å². The highest BCUT2D eigenvalue weighted by molar-refractivity contribution is 6.00. The van der Waals surface area contributed by atoms with Gasteiger partial charge in [0.15, 0.2) is 0 Å². The molecule has 3 N–H and O–H groups in total. The van der Waals surface area contributed by atoms with Crippen LogP contribution < -0.4 is 10.9 Å². The van der Waals surface area contributed by atoms with Crippen molar-refractivity contribution in [2.24, 2.45) is 5.10 Å². The van der Waals surface area contributed by atoms with Gasteiger partial charge >= 0.3 is 0 Å². The molecule has 0 saturated heterocycles. The second-order valence-corrected chi connectivity index (χ2v) is 2.25. The first kappa shape index (κ1) is 7.08. The summed E-state index contributed by atoms with van der Waals surface area (Å²) >= 11 is 0. The molecule has 10 heavy (non-hydrogen) atoms. The van der Waals surface area contributed by atoms with Gasteiger partial charge in [0, 0.05) is 11.3 Å². The molecule has 0 radical (unpaired) electrons. The average Bonchev–Trinajstić information content (AvgIpc) is 2.34. The van der Waals surface area contributed by atoms with Crippen LogP contribution in [0.4, 0.5) is 0 Å². The largest absolute Gasteiger partial charge is 0.305 e. The Kier molecular flexibility index (Phi) is 1.91. The van der Waals surface area contributed by atoms with Crippen LogP contribution in [0.3, 0.4) is 0 Å². The smallest absolute Gasteiger partial charge is 0.0640 e. The molecular weight excluding hydrogens is 130 g/mol. The second kappa shape index (κ2) is 2.70. The van der Waals surface area contributed by atoms with Crippen molar-refractivity contribution in [3.05, 3.63) is 11.3 Å². The molecule has 0 aromatic rings. The van der Waals surface area contributed by atoms with E-state index in [1.54, 1.807) is 6.92 Å². The number of nitrogens with one attached hydrogen (secondary N) is 2. The monoisotopic (exact) mass is 141 g/mol. The van der Waals surface area contributed by atoms with Crippen LogP contribution in [0.15, 0.2) is 16.4 Å². The Balaban J connectivity index is 2.82. The van der Waals surface area contributed by atoms with Crippen LogP contribution in [0.5, 0.6) is 0 Å². The molecule has 0 fully saturated rings. The lowest BCUT2D eigenvalue weighted by molar-refractivity contribution is 0.200. The first-order valence-electron chi connectivity index (χ1n) is 3.13. The van der Waals surface area contributed by atoms with Crippen LogP contribution in [0.1, 0.15) is 13.8 Å².